The minimum absolute atomic E-state index is 0.0566. The quantitative estimate of drug-likeness (QED) is 0.308. The van der Waals surface area contributed by atoms with E-state index < -0.39 is 53.5 Å². The van der Waals surface area contributed by atoms with Gasteiger partial charge in [-0.15, -0.1) is 0 Å². The molecule has 3 aromatic rings. The lowest BCUT2D eigenvalue weighted by Gasteiger charge is -2.33. The van der Waals surface area contributed by atoms with Crippen LogP contribution in [0.2, 0.25) is 0 Å². The fourth-order valence-electron chi connectivity index (χ4n) is 5.46. The summed E-state index contributed by atoms with van der Waals surface area (Å²) in [4.78, 5) is 18.8. The number of nitrogens with zero attached hydrogens (tertiary/aromatic N) is 2. The molecule has 0 saturated carbocycles. The molecule has 4 nitrogen and oxygen atoms in total. The fourth-order valence-corrected chi connectivity index (χ4v) is 5.46. The summed E-state index contributed by atoms with van der Waals surface area (Å²) in [5.41, 5.74) is -0.993. The highest BCUT2D eigenvalue weighted by Crippen LogP contribution is 2.45. The molecule has 3 heterocycles. The van der Waals surface area contributed by atoms with E-state index >= 15 is 0 Å². The zero-order chi connectivity index (χ0) is 28.8. The van der Waals surface area contributed by atoms with Gasteiger partial charge < -0.3 is 9.64 Å². The van der Waals surface area contributed by atoms with Crippen LogP contribution in [-0.4, -0.2) is 34.5 Å². The third kappa shape index (κ3) is 5.60. The Morgan fingerprint density at radius 2 is 1.52 bits per heavy atom. The lowest BCUT2D eigenvalue weighted by Crippen LogP contribution is -2.39. The van der Waals surface area contributed by atoms with Crippen LogP contribution >= 0.6 is 0 Å². The fraction of sp³-hybridized carbons (Fsp3) is 0.310. The molecule has 1 aromatic heterocycles. The van der Waals surface area contributed by atoms with Gasteiger partial charge in [0.1, 0.15) is 5.82 Å². The molecule has 1 saturated heterocycles. The Balaban J connectivity index is 1.49. The highest BCUT2D eigenvalue weighted by atomic mass is 19.4. The van der Waals surface area contributed by atoms with E-state index in [1.165, 1.54) is 25.1 Å². The molecule has 0 bridgehead atoms. The molecule has 210 valence electrons. The Kier molecular flexibility index (Phi) is 7.20. The average molecular weight is 565 g/mol. The minimum Gasteiger partial charge on any atom is -0.368 e. The molecule has 4 atom stereocenters. The summed E-state index contributed by atoms with van der Waals surface area (Å²) in [5.74, 6) is -1.30. The molecule has 1 amide bonds. The Labute approximate surface area is 225 Å². The van der Waals surface area contributed by atoms with Crippen molar-refractivity contribution in [2.24, 2.45) is 0 Å². The Bertz CT molecular complexity index is 1390. The number of hydrogen-bond acceptors (Lipinski definition) is 3. The number of aromatic nitrogens is 1. The van der Waals surface area contributed by atoms with Crippen molar-refractivity contribution in [1.82, 2.24) is 9.88 Å². The third-order valence-corrected chi connectivity index (χ3v) is 7.37. The number of amides is 1. The zero-order valence-corrected chi connectivity index (χ0v) is 21.0. The van der Waals surface area contributed by atoms with Gasteiger partial charge in [0.15, 0.2) is 0 Å². The van der Waals surface area contributed by atoms with Crippen LogP contribution in [0.3, 0.4) is 0 Å². The molecule has 11 heteroatoms. The number of fused-ring (bicyclic) bond motifs is 1. The number of ether oxygens (including phenoxy) is 1. The molecular formula is C29H23F7N2O2. The SMILES string of the molecule is C[C@@H](OC1CN2C(=O)C=C(c3ccncc3)CC2[C@@H]1c1ccc(F)cc1)c1cc(C(F)(F)F)cc(C(F)(F)F)c1. The smallest absolute Gasteiger partial charge is 0.368 e. The zero-order valence-electron chi connectivity index (χ0n) is 21.0. The summed E-state index contributed by atoms with van der Waals surface area (Å²) >= 11 is 0. The van der Waals surface area contributed by atoms with Crippen molar-refractivity contribution in [3.05, 3.63) is 107 Å². The van der Waals surface area contributed by atoms with Crippen LogP contribution in [0.1, 0.15) is 53.2 Å². The van der Waals surface area contributed by atoms with E-state index in [9.17, 15) is 35.5 Å². The van der Waals surface area contributed by atoms with Gasteiger partial charge in [-0.25, -0.2) is 4.39 Å². The highest BCUT2D eigenvalue weighted by Gasteiger charge is 2.48. The molecule has 2 aliphatic heterocycles. The summed E-state index contributed by atoms with van der Waals surface area (Å²) in [7, 11) is 0. The molecule has 5 rings (SSSR count). The lowest BCUT2D eigenvalue weighted by atomic mass is 9.83. The molecule has 0 aliphatic carbocycles. The summed E-state index contributed by atoms with van der Waals surface area (Å²) < 4.78 is 101. The number of carbonyl (C=O) groups excluding carboxylic acids is 1. The first-order chi connectivity index (χ1) is 18.8. The third-order valence-electron chi connectivity index (χ3n) is 7.37. The monoisotopic (exact) mass is 564 g/mol. The number of rotatable bonds is 5. The Morgan fingerprint density at radius 3 is 2.10 bits per heavy atom. The Morgan fingerprint density at radius 1 is 0.925 bits per heavy atom. The predicted molar refractivity (Wildman–Crippen MR) is 131 cm³/mol. The van der Waals surface area contributed by atoms with Crippen molar-refractivity contribution in [2.45, 2.75) is 49.9 Å². The first-order valence-corrected chi connectivity index (χ1v) is 12.4. The van der Waals surface area contributed by atoms with Crippen molar-refractivity contribution in [3.8, 4) is 0 Å². The van der Waals surface area contributed by atoms with Crippen LogP contribution in [-0.2, 0) is 21.9 Å². The second-order valence-corrected chi connectivity index (χ2v) is 9.90. The first kappa shape index (κ1) is 27.8. The maximum absolute atomic E-state index is 13.8. The minimum atomic E-state index is -5.00. The standard InChI is InChI=1S/C29H23F7N2O2/c1-16(19-10-21(28(31,32)33)14-22(11-19)29(34,35)36)40-25-15-38-24(27(25)18-2-4-23(30)5-3-18)12-20(13-26(38)39)17-6-8-37-9-7-17/h2-11,13-14,16,24-25,27H,12,15H2,1H3/t16-,24?,25?,27+/m1/s1. The van der Waals surface area contributed by atoms with Crippen LogP contribution in [0.4, 0.5) is 30.7 Å². The van der Waals surface area contributed by atoms with E-state index in [-0.39, 0.29) is 24.1 Å². The van der Waals surface area contributed by atoms with Gasteiger partial charge in [0.05, 0.1) is 23.3 Å². The van der Waals surface area contributed by atoms with Gasteiger partial charge in [-0.2, -0.15) is 26.3 Å². The van der Waals surface area contributed by atoms with Crippen molar-refractivity contribution in [2.75, 3.05) is 6.54 Å². The van der Waals surface area contributed by atoms with E-state index in [1.807, 2.05) is 0 Å². The topological polar surface area (TPSA) is 42.4 Å². The molecule has 0 radical (unpaired) electrons. The van der Waals surface area contributed by atoms with Crippen LogP contribution in [0.5, 0.6) is 0 Å². The van der Waals surface area contributed by atoms with Gasteiger partial charge in [-0.05, 0) is 78.1 Å². The normalized spacial score (nSPS) is 22.2. The Hall–Kier alpha value is -3.73. The molecule has 2 aromatic carbocycles. The van der Waals surface area contributed by atoms with Crippen molar-refractivity contribution in [3.63, 3.8) is 0 Å². The van der Waals surface area contributed by atoms with Gasteiger partial charge in [-0.3, -0.25) is 9.78 Å². The maximum Gasteiger partial charge on any atom is 0.416 e. The van der Waals surface area contributed by atoms with Crippen molar-refractivity contribution >= 4 is 11.5 Å². The molecule has 0 N–H and O–H groups in total. The van der Waals surface area contributed by atoms with E-state index in [2.05, 4.69) is 4.98 Å². The van der Waals surface area contributed by atoms with E-state index in [0.717, 1.165) is 11.1 Å². The van der Waals surface area contributed by atoms with Crippen LogP contribution in [0.25, 0.3) is 5.57 Å². The number of benzene rings is 2. The van der Waals surface area contributed by atoms with E-state index in [4.69, 9.17) is 4.74 Å². The maximum atomic E-state index is 13.8. The summed E-state index contributed by atoms with van der Waals surface area (Å²) in [6, 6.07) is 10.0. The van der Waals surface area contributed by atoms with Crippen LogP contribution in [0, 0.1) is 5.82 Å². The van der Waals surface area contributed by atoms with Crippen LogP contribution in [0.15, 0.2) is 73.1 Å². The summed E-state index contributed by atoms with van der Waals surface area (Å²) in [5, 5.41) is 0. The molecular weight excluding hydrogens is 541 g/mol. The molecule has 2 aliphatic rings. The van der Waals surface area contributed by atoms with E-state index in [0.29, 0.717) is 24.1 Å². The summed E-state index contributed by atoms with van der Waals surface area (Å²) in [6.45, 7) is 1.43. The number of carbonyl (C=O) groups is 1. The second kappa shape index (κ2) is 10.3. The number of hydrogen-bond donors (Lipinski definition) is 0. The average Bonchev–Trinajstić information content (AvgIpc) is 3.26. The van der Waals surface area contributed by atoms with Gasteiger partial charge in [0.25, 0.3) is 0 Å². The van der Waals surface area contributed by atoms with Gasteiger partial charge in [-0.1, -0.05) is 12.1 Å². The summed E-state index contributed by atoms with van der Waals surface area (Å²) in [6.07, 6.45) is -6.86. The van der Waals surface area contributed by atoms with Gasteiger partial charge >= 0.3 is 12.4 Å². The predicted octanol–water partition coefficient (Wildman–Crippen LogP) is 7.19. The van der Waals surface area contributed by atoms with Gasteiger partial charge in [0.2, 0.25) is 5.91 Å². The first-order valence-electron chi connectivity index (χ1n) is 12.4. The van der Waals surface area contributed by atoms with Crippen LogP contribution < -0.4 is 0 Å². The van der Waals surface area contributed by atoms with Crippen molar-refractivity contribution in [1.29, 1.82) is 0 Å². The van der Waals surface area contributed by atoms with E-state index in [1.54, 1.807) is 41.6 Å². The number of alkyl halides is 6. The second-order valence-electron chi connectivity index (χ2n) is 9.90. The molecule has 2 unspecified atom stereocenters. The number of pyridine rings is 1. The van der Waals surface area contributed by atoms with Gasteiger partial charge in [0, 0.05) is 37.0 Å². The van der Waals surface area contributed by atoms with Crippen molar-refractivity contribution < 1.29 is 40.3 Å². The molecule has 40 heavy (non-hydrogen) atoms. The lowest BCUT2D eigenvalue weighted by molar-refractivity contribution is -0.143. The largest absolute Gasteiger partial charge is 0.416 e. The number of halogens is 7. The molecule has 1 fully saturated rings. The molecule has 0 spiro atoms. The highest BCUT2D eigenvalue weighted by molar-refractivity contribution is 5.97.